The number of rotatable bonds is 9. The molecular weight excluding hydrogens is 434 g/mol. The smallest absolute Gasteiger partial charge is 0.373 e. The summed E-state index contributed by atoms with van der Waals surface area (Å²) in [4.78, 5) is 19.1. The highest BCUT2D eigenvalue weighted by atomic mass is 32.2. The van der Waals surface area contributed by atoms with Gasteiger partial charge < -0.3 is 10.1 Å². The Kier molecular flexibility index (Phi) is 7.01. The minimum Gasteiger partial charge on any atom is -0.434 e. The van der Waals surface area contributed by atoms with Crippen molar-refractivity contribution in [1.29, 1.82) is 0 Å². The summed E-state index contributed by atoms with van der Waals surface area (Å²) in [6.45, 7) is 6.16. The van der Waals surface area contributed by atoms with E-state index < -0.39 is 20.6 Å². The summed E-state index contributed by atoms with van der Waals surface area (Å²) in [7, 11) is -3.61. The molecule has 1 aromatic heterocycles. The zero-order valence-electron chi connectivity index (χ0n) is 17.8. The van der Waals surface area contributed by atoms with Gasteiger partial charge in [-0.3, -0.25) is 10.1 Å². The quantitative estimate of drug-likeness (QED) is 0.373. The van der Waals surface area contributed by atoms with Crippen LogP contribution in [0.25, 0.3) is 0 Å². The van der Waals surface area contributed by atoms with Crippen LogP contribution in [0, 0.1) is 17.0 Å². The van der Waals surface area contributed by atoms with Crippen molar-refractivity contribution in [1.82, 2.24) is 14.3 Å². The molecule has 0 amide bonds. The van der Waals surface area contributed by atoms with E-state index in [1.54, 1.807) is 26.0 Å². The summed E-state index contributed by atoms with van der Waals surface area (Å²) in [5.74, 6) is 0.109. The van der Waals surface area contributed by atoms with E-state index in [2.05, 4.69) is 15.3 Å². The van der Waals surface area contributed by atoms with Crippen molar-refractivity contribution >= 4 is 27.2 Å². The molecule has 2 aromatic carbocycles. The van der Waals surface area contributed by atoms with Gasteiger partial charge in [0.15, 0.2) is 0 Å². The molecule has 0 aliphatic heterocycles. The van der Waals surface area contributed by atoms with Crippen LogP contribution in [0.2, 0.25) is 0 Å². The largest absolute Gasteiger partial charge is 0.434 e. The average molecular weight is 458 g/mol. The van der Waals surface area contributed by atoms with Crippen LogP contribution < -0.4 is 10.1 Å². The Labute approximate surface area is 186 Å². The van der Waals surface area contributed by atoms with E-state index in [-0.39, 0.29) is 16.6 Å². The molecule has 0 atom stereocenters. The van der Waals surface area contributed by atoms with Gasteiger partial charge in [-0.2, -0.15) is 9.29 Å². The fourth-order valence-electron chi connectivity index (χ4n) is 2.97. The molecule has 10 nitrogen and oxygen atoms in total. The average Bonchev–Trinajstić information content (AvgIpc) is 2.76. The molecule has 3 rings (SSSR count). The summed E-state index contributed by atoms with van der Waals surface area (Å²) in [5.41, 5.74) is 1.00. The molecule has 0 fully saturated rings. The summed E-state index contributed by atoms with van der Waals surface area (Å²) < 4.78 is 32.2. The van der Waals surface area contributed by atoms with Gasteiger partial charge >= 0.3 is 11.6 Å². The molecule has 0 spiro atoms. The molecule has 1 N–H and O–H groups in total. The zero-order valence-corrected chi connectivity index (χ0v) is 18.7. The number of sulfonamides is 1. The number of nitro groups is 1. The van der Waals surface area contributed by atoms with E-state index in [0.717, 1.165) is 11.9 Å². The first-order chi connectivity index (χ1) is 15.3. The van der Waals surface area contributed by atoms with Gasteiger partial charge in [-0.1, -0.05) is 31.5 Å². The lowest BCUT2D eigenvalue weighted by Gasteiger charge is -2.18. The number of ether oxygens (including phenoxy) is 1. The van der Waals surface area contributed by atoms with E-state index >= 15 is 0 Å². The fraction of sp³-hybridized carbons (Fsp3) is 0.238. The van der Waals surface area contributed by atoms with Gasteiger partial charge in [0.2, 0.25) is 15.8 Å². The molecule has 3 aromatic rings. The third kappa shape index (κ3) is 5.01. The maximum atomic E-state index is 12.6. The first-order valence-corrected chi connectivity index (χ1v) is 11.3. The number of benzene rings is 2. The lowest BCUT2D eigenvalue weighted by molar-refractivity contribution is -0.385. The Balaban J connectivity index is 1.89. The van der Waals surface area contributed by atoms with Crippen LogP contribution in [0.15, 0.2) is 59.8 Å². The Morgan fingerprint density at radius 2 is 1.66 bits per heavy atom. The van der Waals surface area contributed by atoms with E-state index in [1.807, 2.05) is 19.1 Å². The van der Waals surface area contributed by atoms with Crippen molar-refractivity contribution in [3.8, 4) is 11.6 Å². The van der Waals surface area contributed by atoms with E-state index in [1.165, 1.54) is 28.6 Å². The van der Waals surface area contributed by atoms with Gasteiger partial charge in [0.1, 0.15) is 12.1 Å². The van der Waals surface area contributed by atoms with E-state index in [9.17, 15) is 18.5 Å². The van der Waals surface area contributed by atoms with Gasteiger partial charge in [-0.05, 0) is 43.3 Å². The molecule has 0 saturated heterocycles. The first kappa shape index (κ1) is 23.1. The van der Waals surface area contributed by atoms with Crippen LogP contribution in [0.3, 0.4) is 0 Å². The van der Waals surface area contributed by atoms with Crippen molar-refractivity contribution in [2.24, 2.45) is 0 Å². The summed E-state index contributed by atoms with van der Waals surface area (Å²) in [5, 5.41) is 14.6. The number of nitrogens with one attached hydrogen (secondary N) is 1. The van der Waals surface area contributed by atoms with Crippen molar-refractivity contribution < 1.29 is 18.1 Å². The van der Waals surface area contributed by atoms with Gasteiger partial charge in [-0.15, -0.1) is 0 Å². The number of hydrogen-bond donors (Lipinski definition) is 1. The Morgan fingerprint density at radius 3 is 2.22 bits per heavy atom. The number of anilines is 2. The fourth-order valence-corrected chi connectivity index (χ4v) is 4.43. The minimum atomic E-state index is -3.61. The van der Waals surface area contributed by atoms with Gasteiger partial charge in [0.05, 0.1) is 9.82 Å². The van der Waals surface area contributed by atoms with Gasteiger partial charge in [-0.25, -0.2) is 13.4 Å². The number of nitrogens with zero attached hydrogens (tertiary/aromatic N) is 4. The van der Waals surface area contributed by atoms with Crippen molar-refractivity contribution in [2.75, 3.05) is 18.4 Å². The van der Waals surface area contributed by atoms with Gasteiger partial charge in [0.25, 0.3) is 0 Å². The third-order valence-corrected chi connectivity index (χ3v) is 6.73. The van der Waals surface area contributed by atoms with Crippen LogP contribution in [-0.2, 0) is 10.0 Å². The first-order valence-electron chi connectivity index (χ1n) is 9.87. The SMILES string of the molecule is CCN(CC)S(=O)(=O)c1ccc(Nc2ncnc(Oc3ccc(C)cc3)c2[N+](=O)[O-])cc1. The summed E-state index contributed by atoms with van der Waals surface area (Å²) >= 11 is 0. The monoisotopic (exact) mass is 457 g/mol. The molecule has 11 heteroatoms. The maximum Gasteiger partial charge on any atom is 0.373 e. The Morgan fingerprint density at radius 1 is 1.03 bits per heavy atom. The van der Waals surface area contributed by atoms with Crippen LogP contribution in [0.4, 0.5) is 17.2 Å². The lowest BCUT2D eigenvalue weighted by atomic mass is 10.2. The van der Waals surface area contributed by atoms with Crippen LogP contribution in [0.5, 0.6) is 11.6 Å². The Hall–Kier alpha value is -3.57. The van der Waals surface area contributed by atoms with E-state index in [0.29, 0.717) is 24.5 Å². The van der Waals surface area contributed by atoms with Crippen LogP contribution >= 0.6 is 0 Å². The summed E-state index contributed by atoms with van der Waals surface area (Å²) in [6.07, 6.45) is 1.15. The highest BCUT2D eigenvalue weighted by Crippen LogP contribution is 2.35. The molecule has 168 valence electrons. The minimum absolute atomic E-state index is 0.0774. The topological polar surface area (TPSA) is 128 Å². The second kappa shape index (κ2) is 9.71. The van der Waals surface area contributed by atoms with E-state index in [4.69, 9.17) is 4.74 Å². The zero-order chi connectivity index (χ0) is 23.3. The predicted molar refractivity (Wildman–Crippen MR) is 120 cm³/mol. The maximum absolute atomic E-state index is 12.6. The second-order valence-corrected chi connectivity index (χ2v) is 8.72. The molecule has 0 aliphatic carbocycles. The normalized spacial score (nSPS) is 11.4. The molecule has 0 unspecified atom stereocenters. The predicted octanol–water partition coefficient (Wildman–Crippen LogP) is 4.26. The highest BCUT2D eigenvalue weighted by molar-refractivity contribution is 7.89. The number of aryl methyl sites for hydroxylation is 1. The van der Waals surface area contributed by atoms with Crippen LogP contribution in [0.1, 0.15) is 19.4 Å². The van der Waals surface area contributed by atoms with Crippen LogP contribution in [-0.4, -0.2) is 40.7 Å². The van der Waals surface area contributed by atoms with Crippen molar-refractivity contribution in [3.05, 3.63) is 70.5 Å². The van der Waals surface area contributed by atoms with Gasteiger partial charge in [0, 0.05) is 18.8 Å². The molecule has 0 saturated carbocycles. The summed E-state index contributed by atoms with van der Waals surface area (Å²) in [6, 6.07) is 12.9. The van der Waals surface area contributed by atoms with Crippen molar-refractivity contribution in [3.63, 3.8) is 0 Å². The molecule has 0 bridgehead atoms. The molecule has 32 heavy (non-hydrogen) atoms. The number of aromatic nitrogens is 2. The second-order valence-electron chi connectivity index (χ2n) is 6.79. The molecule has 1 heterocycles. The molecule has 0 radical (unpaired) electrons. The number of hydrogen-bond acceptors (Lipinski definition) is 8. The standard InChI is InChI=1S/C21H23N5O5S/c1-4-25(5-2)32(29,30)18-12-8-16(9-13-18)24-20-19(26(27)28)21(23-14-22-20)31-17-10-6-15(3)7-11-17/h6-14H,4-5H2,1-3H3,(H,22,23,24). The third-order valence-electron chi connectivity index (χ3n) is 4.67. The Bertz CT molecular complexity index is 1190. The molecular formula is C21H23N5O5S. The molecule has 0 aliphatic rings. The lowest BCUT2D eigenvalue weighted by Crippen LogP contribution is -2.30. The van der Waals surface area contributed by atoms with Crippen molar-refractivity contribution in [2.45, 2.75) is 25.7 Å². The highest BCUT2D eigenvalue weighted by Gasteiger charge is 2.26.